The Kier molecular flexibility index (Phi) is 5.13. The molecule has 4 nitrogen and oxygen atoms in total. The van der Waals surface area contributed by atoms with E-state index in [1.807, 2.05) is 0 Å². The SMILES string of the molecule is CC1(C)OB(c2cc(-c3cccc4c3[nH]c3ccccc34)cc(-n3c4ccccc4c4ccccc43)c2)OC1(C)C. The van der Waals surface area contributed by atoms with Gasteiger partial charge in [0.1, 0.15) is 0 Å². The van der Waals surface area contributed by atoms with Crippen LogP contribution in [-0.2, 0) is 9.31 Å². The van der Waals surface area contributed by atoms with E-state index >= 15 is 0 Å². The van der Waals surface area contributed by atoms with Gasteiger partial charge < -0.3 is 18.9 Å². The lowest BCUT2D eigenvalue weighted by Crippen LogP contribution is -2.41. The molecule has 3 heterocycles. The van der Waals surface area contributed by atoms with Crippen molar-refractivity contribution in [2.75, 3.05) is 0 Å². The lowest BCUT2D eigenvalue weighted by Gasteiger charge is -2.32. The molecule has 7 aromatic rings. The van der Waals surface area contributed by atoms with Gasteiger partial charge in [0.05, 0.1) is 27.8 Å². The monoisotopic (exact) mass is 534 g/mol. The Morgan fingerprint density at radius 2 is 1.20 bits per heavy atom. The zero-order chi connectivity index (χ0) is 27.9. The minimum atomic E-state index is -0.478. The molecule has 1 fully saturated rings. The smallest absolute Gasteiger partial charge is 0.399 e. The molecular formula is C36H31BN2O2. The zero-order valence-corrected chi connectivity index (χ0v) is 23.7. The van der Waals surface area contributed by atoms with Crippen molar-refractivity contribution in [3.63, 3.8) is 0 Å². The van der Waals surface area contributed by atoms with Gasteiger partial charge in [-0.2, -0.15) is 0 Å². The summed E-state index contributed by atoms with van der Waals surface area (Å²) in [5.74, 6) is 0. The molecule has 2 aromatic heterocycles. The summed E-state index contributed by atoms with van der Waals surface area (Å²) in [4.78, 5) is 3.70. The van der Waals surface area contributed by atoms with Gasteiger partial charge >= 0.3 is 7.12 Å². The van der Waals surface area contributed by atoms with E-state index in [4.69, 9.17) is 9.31 Å². The number of hydrogen-bond acceptors (Lipinski definition) is 2. The highest BCUT2D eigenvalue weighted by Gasteiger charge is 2.51. The van der Waals surface area contributed by atoms with Crippen LogP contribution in [0.4, 0.5) is 0 Å². The summed E-state index contributed by atoms with van der Waals surface area (Å²) < 4.78 is 15.5. The van der Waals surface area contributed by atoms with E-state index in [-0.39, 0.29) is 0 Å². The Balaban J connectivity index is 1.42. The van der Waals surface area contributed by atoms with Gasteiger partial charge in [-0.3, -0.25) is 0 Å². The van der Waals surface area contributed by atoms with Gasteiger partial charge in [0.15, 0.2) is 0 Å². The van der Waals surface area contributed by atoms with Gasteiger partial charge in [0.25, 0.3) is 0 Å². The van der Waals surface area contributed by atoms with Crippen molar-refractivity contribution in [1.29, 1.82) is 0 Å². The average molecular weight is 534 g/mol. The van der Waals surface area contributed by atoms with Crippen molar-refractivity contribution in [3.8, 4) is 16.8 Å². The highest BCUT2D eigenvalue weighted by Crippen LogP contribution is 2.39. The van der Waals surface area contributed by atoms with Crippen molar-refractivity contribution in [2.45, 2.75) is 38.9 Å². The molecule has 0 aliphatic carbocycles. The van der Waals surface area contributed by atoms with E-state index in [1.54, 1.807) is 0 Å². The number of aromatic nitrogens is 2. The van der Waals surface area contributed by atoms with Gasteiger partial charge in [-0.15, -0.1) is 0 Å². The van der Waals surface area contributed by atoms with Crippen molar-refractivity contribution < 1.29 is 9.31 Å². The molecule has 0 amide bonds. The quantitative estimate of drug-likeness (QED) is 0.231. The molecule has 1 saturated heterocycles. The van der Waals surface area contributed by atoms with E-state index in [2.05, 4.69) is 146 Å². The van der Waals surface area contributed by atoms with Gasteiger partial charge in [-0.05, 0) is 69.1 Å². The average Bonchev–Trinajstić information content (AvgIpc) is 3.59. The third-order valence-electron chi connectivity index (χ3n) is 9.16. The highest BCUT2D eigenvalue weighted by molar-refractivity contribution is 6.62. The standard InChI is InChI=1S/C36H31BN2O2/c1-35(2)36(3,4)41-37(40-35)24-20-23(26-15-11-16-30-27-12-5-8-17-31(27)38-34(26)30)21-25(22-24)39-32-18-9-6-13-28(32)29-14-7-10-19-33(29)39/h5-22,38H,1-4H3. The molecule has 0 unspecified atom stereocenters. The first-order chi connectivity index (χ1) is 19.8. The second-order valence-corrected chi connectivity index (χ2v) is 12.2. The number of hydrogen-bond donors (Lipinski definition) is 1. The summed E-state index contributed by atoms with van der Waals surface area (Å²) in [6.07, 6.45) is 0. The normalized spacial score (nSPS) is 16.4. The fourth-order valence-electron chi connectivity index (χ4n) is 6.35. The van der Waals surface area contributed by atoms with Crippen LogP contribution < -0.4 is 5.46 Å². The molecular weight excluding hydrogens is 503 g/mol. The molecule has 0 radical (unpaired) electrons. The Bertz CT molecular complexity index is 2070. The summed E-state index contributed by atoms with van der Waals surface area (Å²) in [6.45, 7) is 8.43. The molecule has 0 spiro atoms. The maximum absolute atomic E-state index is 6.58. The van der Waals surface area contributed by atoms with Crippen LogP contribution in [0.15, 0.2) is 109 Å². The minimum Gasteiger partial charge on any atom is -0.399 e. The number of benzene rings is 5. The van der Waals surface area contributed by atoms with Crippen LogP contribution in [0.5, 0.6) is 0 Å². The Morgan fingerprint density at radius 1 is 0.610 bits per heavy atom. The topological polar surface area (TPSA) is 39.2 Å². The fourth-order valence-corrected chi connectivity index (χ4v) is 6.35. The highest BCUT2D eigenvalue weighted by atomic mass is 16.7. The summed E-state index contributed by atoms with van der Waals surface area (Å²) in [6, 6.07) is 39.1. The first kappa shape index (κ1) is 24.5. The molecule has 0 atom stereocenters. The first-order valence-electron chi connectivity index (χ1n) is 14.3. The molecule has 1 N–H and O–H groups in total. The van der Waals surface area contributed by atoms with Crippen molar-refractivity contribution in [3.05, 3.63) is 109 Å². The number of nitrogens with one attached hydrogen (secondary N) is 1. The van der Waals surface area contributed by atoms with Crippen LogP contribution in [0.1, 0.15) is 27.7 Å². The van der Waals surface area contributed by atoms with Crippen molar-refractivity contribution >= 4 is 56.2 Å². The second kappa shape index (κ2) is 8.59. The fraction of sp³-hybridized carbons (Fsp3) is 0.167. The third-order valence-corrected chi connectivity index (χ3v) is 9.16. The molecule has 0 saturated carbocycles. The summed E-state index contributed by atoms with van der Waals surface area (Å²) in [5, 5.41) is 4.93. The molecule has 5 aromatic carbocycles. The van der Waals surface area contributed by atoms with E-state index in [1.165, 1.54) is 32.6 Å². The first-order valence-corrected chi connectivity index (χ1v) is 14.3. The molecule has 1 aliphatic rings. The summed E-state index contributed by atoms with van der Waals surface area (Å²) in [5.41, 5.74) is 8.11. The number of fused-ring (bicyclic) bond motifs is 6. The summed E-state index contributed by atoms with van der Waals surface area (Å²) in [7, 11) is -0.478. The summed E-state index contributed by atoms with van der Waals surface area (Å²) >= 11 is 0. The lowest BCUT2D eigenvalue weighted by atomic mass is 9.77. The van der Waals surface area contributed by atoms with Crippen LogP contribution in [0.25, 0.3) is 60.4 Å². The number of rotatable bonds is 3. The van der Waals surface area contributed by atoms with Crippen LogP contribution in [0, 0.1) is 0 Å². The van der Waals surface area contributed by atoms with E-state index < -0.39 is 18.3 Å². The van der Waals surface area contributed by atoms with Crippen LogP contribution in [0.2, 0.25) is 0 Å². The Hall–Kier alpha value is -4.32. The van der Waals surface area contributed by atoms with E-state index in [0.29, 0.717) is 0 Å². The number of nitrogens with zero attached hydrogens (tertiary/aromatic N) is 1. The second-order valence-electron chi connectivity index (χ2n) is 12.2. The van der Waals surface area contributed by atoms with Crippen LogP contribution in [-0.4, -0.2) is 27.9 Å². The van der Waals surface area contributed by atoms with Gasteiger partial charge in [0, 0.05) is 38.3 Å². The minimum absolute atomic E-state index is 0.433. The number of aromatic amines is 1. The predicted molar refractivity (Wildman–Crippen MR) is 171 cm³/mol. The van der Waals surface area contributed by atoms with Crippen LogP contribution >= 0.6 is 0 Å². The molecule has 41 heavy (non-hydrogen) atoms. The van der Waals surface area contributed by atoms with Crippen molar-refractivity contribution in [1.82, 2.24) is 9.55 Å². The van der Waals surface area contributed by atoms with Gasteiger partial charge in [-0.1, -0.05) is 78.9 Å². The Labute approximate surface area is 239 Å². The third kappa shape index (κ3) is 3.63. The molecule has 8 rings (SSSR count). The number of para-hydroxylation sites is 4. The van der Waals surface area contributed by atoms with Crippen molar-refractivity contribution in [2.24, 2.45) is 0 Å². The van der Waals surface area contributed by atoms with Crippen LogP contribution in [0.3, 0.4) is 0 Å². The maximum atomic E-state index is 6.58. The molecule has 1 aliphatic heterocycles. The molecule has 0 bridgehead atoms. The molecule has 5 heteroatoms. The van der Waals surface area contributed by atoms with E-state index in [0.717, 1.165) is 33.3 Å². The Morgan fingerprint density at radius 3 is 1.88 bits per heavy atom. The predicted octanol–water partition coefficient (Wildman–Crippen LogP) is 8.38. The number of H-pyrrole nitrogens is 1. The van der Waals surface area contributed by atoms with E-state index in [9.17, 15) is 0 Å². The largest absolute Gasteiger partial charge is 0.494 e. The van der Waals surface area contributed by atoms with Gasteiger partial charge in [0.2, 0.25) is 0 Å². The zero-order valence-electron chi connectivity index (χ0n) is 23.7. The maximum Gasteiger partial charge on any atom is 0.494 e. The lowest BCUT2D eigenvalue weighted by molar-refractivity contribution is 0.00578. The van der Waals surface area contributed by atoms with Gasteiger partial charge in [-0.25, -0.2) is 0 Å². The molecule has 200 valence electrons.